The van der Waals surface area contributed by atoms with Gasteiger partial charge in [-0.05, 0) is 38.3 Å². The molecule has 0 aliphatic heterocycles. The zero-order valence-electron chi connectivity index (χ0n) is 13.0. The zero-order chi connectivity index (χ0) is 16.2. The number of allylic oxidation sites excluding steroid dienone is 2. The Bertz CT molecular complexity index is 764. The average molecular weight is 313 g/mol. The van der Waals surface area contributed by atoms with Gasteiger partial charge >= 0.3 is 5.97 Å². The average Bonchev–Trinajstić information content (AvgIpc) is 2.99. The highest BCUT2D eigenvalue weighted by Crippen LogP contribution is 2.22. The van der Waals surface area contributed by atoms with Gasteiger partial charge in [0.05, 0.1) is 18.3 Å². The number of nitrogens with zero attached hydrogens (tertiary/aromatic N) is 2. The van der Waals surface area contributed by atoms with Crippen LogP contribution in [0.1, 0.15) is 36.5 Å². The van der Waals surface area contributed by atoms with Crippen LogP contribution in [-0.4, -0.2) is 28.1 Å². The maximum Gasteiger partial charge on any atom is 0.341 e. The van der Waals surface area contributed by atoms with Crippen LogP contribution in [0.3, 0.4) is 0 Å². The highest BCUT2D eigenvalue weighted by atomic mass is 16.5. The molecule has 1 N–H and O–H groups in total. The predicted molar refractivity (Wildman–Crippen MR) is 86.3 cm³/mol. The molecule has 1 amide bonds. The number of hydrogen-bond donors (Lipinski definition) is 1. The van der Waals surface area contributed by atoms with E-state index in [-0.39, 0.29) is 11.8 Å². The molecule has 6 nitrogen and oxygen atoms in total. The summed E-state index contributed by atoms with van der Waals surface area (Å²) >= 11 is 0. The summed E-state index contributed by atoms with van der Waals surface area (Å²) in [6, 6.07) is 3.52. The molecule has 23 heavy (non-hydrogen) atoms. The molecule has 3 rings (SSSR count). The molecule has 2 heterocycles. The van der Waals surface area contributed by atoms with Crippen molar-refractivity contribution in [3.05, 3.63) is 42.2 Å². The van der Waals surface area contributed by atoms with E-state index in [1.807, 2.05) is 6.08 Å². The van der Waals surface area contributed by atoms with Gasteiger partial charge in [0, 0.05) is 17.8 Å². The third kappa shape index (κ3) is 3.26. The number of carbonyl (C=O) groups is 2. The smallest absolute Gasteiger partial charge is 0.341 e. The van der Waals surface area contributed by atoms with Crippen LogP contribution in [0.5, 0.6) is 0 Å². The first-order valence-corrected chi connectivity index (χ1v) is 7.79. The van der Waals surface area contributed by atoms with Crippen LogP contribution in [0.15, 0.2) is 36.7 Å². The Labute approximate surface area is 134 Å². The lowest BCUT2D eigenvalue weighted by Crippen LogP contribution is -2.23. The summed E-state index contributed by atoms with van der Waals surface area (Å²) in [5.41, 5.74) is 1.66. The van der Waals surface area contributed by atoms with Gasteiger partial charge < -0.3 is 10.1 Å². The van der Waals surface area contributed by atoms with Gasteiger partial charge in [0.2, 0.25) is 5.91 Å². The highest BCUT2D eigenvalue weighted by Gasteiger charge is 2.19. The fourth-order valence-corrected chi connectivity index (χ4v) is 2.70. The van der Waals surface area contributed by atoms with Gasteiger partial charge in [-0.25, -0.2) is 9.31 Å². The number of esters is 1. The summed E-state index contributed by atoms with van der Waals surface area (Å²) in [5.74, 6) is -0.398. The van der Waals surface area contributed by atoms with Crippen molar-refractivity contribution < 1.29 is 14.3 Å². The molecule has 0 saturated carbocycles. The number of anilines is 1. The van der Waals surface area contributed by atoms with E-state index in [0.717, 1.165) is 19.3 Å². The first-order valence-electron chi connectivity index (χ1n) is 7.79. The number of hydrogen-bond acceptors (Lipinski definition) is 4. The maximum absolute atomic E-state index is 12.3. The van der Waals surface area contributed by atoms with Crippen molar-refractivity contribution in [2.75, 3.05) is 11.9 Å². The minimum atomic E-state index is -0.414. The number of amides is 1. The van der Waals surface area contributed by atoms with Crippen LogP contribution in [0, 0.1) is 5.92 Å². The maximum atomic E-state index is 12.3. The summed E-state index contributed by atoms with van der Waals surface area (Å²) in [6.45, 7) is 2.07. The molecule has 1 aliphatic rings. The quantitative estimate of drug-likeness (QED) is 0.696. The molecule has 0 fully saturated rings. The molecule has 1 aliphatic carbocycles. The van der Waals surface area contributed by atoms with Crippen molar-refractivity contribution in [1.29, 1.82) is 0 Å². The van der Waals surface area contributed by atoms with Crippen LogP contribution >= 0.6 is 0 Å². The lowest BCUT2D eigenvalue weighted by atomic mass is 9.93. The Balaban J connectivity index is 1.81. The summed E-state index contributed by atoms with van der Waals surface area (Å²) in [7, 11) is 0. The van der Waals surface area contributed by atoms with E-state index in [2.05, 4.69) is 16.5 Å². The summed E-state index contributed by atoms with van der Waals surface area (Å²) in [5, 5.41) is 7.05. The van der Waals surface area contributed by atoms with Gasteiger partial charge in [-0.2, -0.15) is 5.10 Å². The fraction of sp³-hybridized carbons (Fsp3) is 0.353. The molecule has 1 atom stereocenters. The van der Waals surface area contributed by atoms with E-state index in [0.29, 0.717) is 23.4 Å². The van der Waals surface area contributed by atoms with Crippen molar-refractivity contribution in [1.82, 2.24) is 9.61 Å². The Morgan fingerprint density at radius 1 is 1.43 bits per heavy atom. The first kappa shape index (κ1) is 15.3. The van der Waals surface area contributed by atoms with Crippen LogP contribution in [0.2, 0.25) is 0 Å². The minimum absolute atomic E-state index is 0.00524. The number of ether oxygens (including phenoxy) is 1. The number of fused-ring (bicyclic) bond motifs is 1. The molecule has 0 bridgehead atoms. The van der Waals surface area contributed by atoms with Gasteiger partial charge in [0.25, 0.3) is 0 Å². The van der Waals surface area contributed by atoms with Crippen LogP contribution in [0.4, 0.5) is 5.69 Å². The lowest BCUT2D eigenvalue weighted by molar-refractivity contribution is -0.120. The highest BCUT2D eigenvalue weighted by molar-refractivity contribution is 5.98. The van der Waals surface area contributed by atoms with E-state index in [1.54, 1.807) is 29.8 Å². The molecular weight excluding hydrogens is 294 g/mol. The molecule has 2 aromatic rings. The fourth-order valence-electron chi connectivity index (χ4n) is 2.70. The second-order valence-corrected chi connectivity index (χ2v) is 5.49. The number of pyridine rings is 1. The van der Waals surface area contributed by atoms with Crippen molar-refractivity contribution >= 4 is 23.1 Å². The van der Waals surface area contributed by atoms with Crippen molar-refractivity contribution in [3.63, 3.8) is 0 Å². The van der Waals surface area contributed by atoms with Gasteiger partial charge in [-0.3, -0.25) is 4.79 Å². The second kappa shape index (κ2) is 6.64. The number of aromatic nitrogens is 2. The second-order valence-electron chi connectivity index (χ2n) is 5.49. The zero-order valence-corrected chi connectivity index (χ0v) is 13.0. The SMILES string of the molecule is CCOC(=O)c1cnn2ccc(NC(=O)[C@@H]3CC=CCC3)cc12. The molecule has 6 heteroatoms. The molecular formula is C17H19N3O3. The molecule has 0 spiro atoms. The molecule has 0 unspecified atom stereocenters. The van der Waals surface area contributed by atoms with Gasteiger partial charge in [-0.15, -0.1) is 0 Å². The van der Waals surface area contributed by atoms with E-state index in [4.69, 9.17) is 4.74 Å². The molecule has 0 radical (unpaired) electrons. The van der Waals surface area contributed by atoms with E-state index < -0.39 is 5.97 Å². The number of nitrogens with one attached hydrogen (secondary N) is 1. The monoisotopic (exact) mass is 313 g/mol. The molecule has 120 valence electrons. The molecule has 0 aromatic carbocycles. The molecule has 2 aromatic heterocycles. The summed E-state index contributed by atoms with van der Waals surface area (Å²) in [4.78, 5) is 24.2. The Hall–Kier alpha value is -2.63. The summed E-state index contributed by atoms with van der Waals surface area (Å²) < 4.78 is 6.61. The Kier molecular flexibility index (Phi) is 4.41. The number of rotatable bonds is 4. The van der Waals surface area contributed by atoms with Gasteiger partial charge in [-0.1, -0.05) is 12.2 Å². The topological polar surface area (TPSA) is 72.7 Å². The van der Waals surface area contributed by atoms with Crippen molar-refractivity contribution in [2.24, 2.45) is 5.92 Å². The Morgan fingerprint density at radius 3 is 3.04 bits per heavy atom. The Morgan fingerprint density at radius 2 is 2.30 bits per heavy atom. The van der Waals surface area contributed by atoms with Crippen molar-refractivity contribution in [3.8, 4) is 0 Å². The van der Waals surface area contributed by atoms with Gasteiger partial charge in [0.1, 0.15) is 5.56 Å². The summed E-state index contributed by atoms with van der Waals surface area (Å²) in [6.07, 6.45) is 9.92. The normalized spacial score (nSPS) is 17.2. The largest absolute Gasteiger partial charge is 0.462 e. The van der Waals surface area contributed by atoms with Crippen molar-refractivity contribution in [2.45, 2.75) is 26.2 Å². The van der Waals surface area contributed by atoms with Crippen LogP contribution in [-0.2, 0) is 9.53 Å². The predicted octanol–water partition coefficient (Wildman–Crippen LogP) is 2.81. The van der Waals surface area contributed by atoms with E-state index in [1.165, 1.54) is 6.20 Å². The number of carbonyl (C=O) groups excluding carboxylic acids is 2. The lowest BCUT2D eigenvalue weighted by Gasteiger charge is -2.17. The first-order chi connectivity index (χ1) is 11.2. The van der Waals surface area contributed by atoms with Crippen LogP contribution < -0.4 is 5.32 Å². The third-order valence-corrected chi connectivity index (χ3v) is 3.92. The minimum Gasteiger partial charge on any atom is -0.462 e. The standard InChI is InChI=1S/C17H19N3O3/c1-2-23-17(22)14-11-18-20-9-8-13(10-15(14)20)19-16(21)12-6-4-3-5-7-12/h3-4,8-12H,2,5-7H2,1H3,(H,19,21)/t12-/m1/s1. The van der Waals surface area contributed by atoms with E-state index in [9.17, 15) is 9.59 Å². The van der Waals surface area contributed by atoms with Gasteiger partial charge in [0.15, 0.2) is 0 Å². The van der Waals surface area contributed by atoms with Crippen LogP contribution in [0.25, 0.3) is 5.52 Å². The molecule has 0 saturated heterocycles. The third-order valence-electron chi connectivity index (χ3n) is 3.92. The van der Waals surface area contributed by atoms with E-state index >= 15 is 0 Å².